The van der Waals surface area contributed by atoms with E-state index in [0.717, 1.165) is 25.1 Å². The van der Waals surface area contributed by atoms with E-state index in [9.17, 15) is 4.79 Å². The molecule has 0 aromatic heterocycles. The predicted molar refractivity (Wildman–Crippen MR) is 109 cm³/mol. The Kier molecular flexibility index (Phi) is 4.93. The van der Waals surface area contributed by atoms with Crippen molar-refractivity contribution in [2.24, 2.45) is 5.92 Å². The number of carbonyl (C=O) groups is 1. The zero-order valence-corrected chi connectivity index (χ0v) is 16.0. The second-order valence-corrected chi connectivity index (χ2v) is 7.96. The van der Waals surface area contributed by atoms with Crippen LogP contribution in [0.4, 0.5) is 0 Å². The Labute approximate surface area is 157 Å². The first-order valence-corrected chi connectivity index (χ1v) is 10.0. The summed E-state index contributed by atoms with van der Waals surface area (Å²) in [6, 6.07) is 11.3. The van der Waals surface area contributed by atoms with E-state index >= 15 is 0 Å². The van der Waals surface area contributed by atoms with Gasteiger partial charge in [-0.3, -0.25) is 4.79 Å². The average molecular weight is 349 g/mol. The van der Waals surface area contributed by atoms with Crippen LogP contribution >= 0.6 is 0 Å². The molecule has 26 heavy (non-hydrogen) atoms. The number of hydrogen-bond acceptors (Lipinski definition) is 2. The van der Waals surface area contributed by atoms with E-state index in [2.05, 4.69) is 37.0 Å². The molecule has 1 aliphatic carbocycles. The number of nitrogens with zero attached hydrogens (tertiary/aromatic N) is 1. The summed E-state index contributed by atoms with van der Waals surface area (Å²) >= 11 is 0. The molecule has 1 unspecified atom stereocenters. The van der Waals surface area contributed by atoms with Crippen LogP contribution in [0.5, 0.6) is 5.75 Å². The Balaban J connectivity index is 1.49. The summed E-state index contributed by atoms with van der Waals surface area (Å²) in [6.45, 7) is 0.956. The van der Waals surface area contributed by atoms with E-state index in [-0.39, 0.29) is 5.92 Å². The van der Waals surface area contributed by atoms with Gasteiger partial charge in [-0.15, -0.1) is 0 Å². The minimum atomic E-state index is 0.161. The van der Waals surface area contributed by atoms with Crippen LogP contribution < -0.4 is 10.2 Å². The summed E-state index contributed by atoms with van der Waals surface area (Å²) in [5, 5.41) is 2.46. The number of hydrogen-bond donors (Lipinski definition) is 0. The summed E-state index contributed by atoms with van der Waals surface area (Å²) in [7, 11) is 3.82. The van der Waals surface area contributed by atoms with Crippen molar-refractivity contribution in [1.29, 1.82) is 0 Å². The van der Waals surface area contributed by atoms with Crippen LogP contribution in [0.3, 0.4) is 0 Å². The third-order valence-electron chi connectivity index (χ3n) is 6.37. The second kappa shape index (κ2) is 7.34. The van der Waals surface area contributed by atoms with E-state index < -0.39 is 0 Å². The molecule has 1 amide bonds. The van der Waals surface area contributed by atoms with Crippen molar-refractivity contribution in [1.82, 2.24) is 4.90 Å². The molecule has 0 bridgehead atoms. The van der Waals surface area contributed by atoms with Crippen molar-refractivity contribution in [2.45, 2.75) is 51.0 Å². The Morgan fingerprint density at radius 3 is 2.69 bits per heavy atom. The zero-order chi connectivity index (χ0) is 18.1. The highest BCUT2D eigenvalue weighted by Crippen LogP contribution is 2.31. The Hall–Kier alpha value is -1.97. The minimum Gasteiger partial charge on any atom is -0.497 e. The standard InChI is InChI=1S/C22H28BNO2/c1-26-20-10-8-16-13-15(7-9-19(16)21(20)23)14-17-11-12-24(22(17)25)18-5-3-2-4-6-18/h7-10,13,17-18H,2-6,11-12,14,23H2,1H3. The van der Waals surface area contributed by atoms with Crippen LogP contribution in [0.1, 0.15) is 44.1 Å². The molecule has 2 fully saturated rings. The first kappa shape index (κ1) is 17.4. The van der Waals surface area contributed by atoms with Crippen molar-refractivity contribution >= 4 is 30.0 Å². The van der Waals surface area contributed by atoms with Crippen molar-refractivity contribution in [3.8, 4) is 5.75 Å². The SMILES string of the molecule is Bc1c(OC)ccc2cc(CC3CCN(C4CCCCC4)C3=O)ccc12. The molecule has 1 aliphatic heterocycles. The first-order valence-electron chi connectivity index (χ1n) is 10.0. The molecule has 1 heterocycles. The number of benzene rings is 2. The maximum atomic E-state index is 12.9. The minimum absolute atomic E-state index is 0.161. The fourth-order valence-electron chi connectivity index (χ4n) is 4.86. The number of amides is 1. The largest absolute Gasteiger partial charge is 0.497 e. The smallest absolute Gasteiger partial charge is 0.226 e. The molecule has 3 nitrogen and oxygen atoms in total. The fraction of sp³-hybridized carbons (Fsp3) is 0.500. The fourth-order valence-corrected chi connectivity index (χ4v) is 4.86. The predicted octanol–water partition coefficient (Wildman–Crippen LogP) is 2.83. The van der Waals surface area contributed by atoms with Gasteiger partial charge < -0.3 is 9.64 Å². The van der Waals surface area contributed by atoms with Gasteiger partial charge in [-0.1, -0.05) is 43.5 Å². The van der Waals surface area contributed by atoms with Crippen LogP contribution in [0.25, 0.3) is 10.8 Å². The van der Waals surface area contributed by atoms with Gasteiger partial charge in [0.2, 0.25) is 5.91 Å². The highest BCUT2D eigenvalue weighted by Gasteiger charge is 2.36. The highest BCUT2D eigenvalue weighted by atomic mass is 16.5. The molecule has 2 aliphatic rings. The average Bonchev–Trinajstić information content (AvgIpc) is 3.03. The molecular weight excluding hydrogens is 321 g/mol. The first-order chi connectivity index (χ1) is 12.7. The van der Waals surface area contributed by atoms with Crippen molar-refractivity contribution in [3.63, 3.8) is 0 Å². The molecule has 1 atom stereocenters. The molecule has 0 N–H and O–H groups in total. The number of methoxy groups -OCH3 is 1. The number of rotatable bonds is 4. The summed E-state index contributed by atoms with van der Waals surface area (Å²) in [5.74, 6) is 1.48. The van der Waals surface area contributed by atoms with Crippen LogP contribution in [-0.4, -0.2) is 38.3 Å². The molecular formula is C22H28BNO2. The molecule has 136 valence electrons. The summed E-state index contributed by atoms with van der Waals surface area (Å²) in [6.07, 6.45) is 8.19. The van der Waals surface area contributed by atoms with Gasteiger partial charge in [0.05, 0.1) is 7.11 Å². The van der Waals surface area contributed by atoms with E-state index in [1.807, 2.05) is 6.07 Å². The summed E-state index contributed by atoms with van der Waals surface area (Å²) in [4.78, 5) is 15.1. The van der Waals surface area contributed by atoms with Crippen LogP contribution in [-0.2, 0) is 11.2 Å². The monoisotopic (exact) mass is 349 g/mol. The quantitative estimate of drug-likeness (QED) is 0.795. The van der Waals surface area contributed by atoms with E-state index in [1.165, 1.54) is 53.9 Å². The highest BCUT2D eigenvalue weighted by molar-refractivity contribution is 6.40. The topological polar surface area (TPSA) is 29.5 Å². The zero-order valence-electron chi connectivity index (χ0n) is 16.0. The van der Waals surface area contributed by atoms with Crippen molar-refractivity contribution in [3.05, 3.63) is 35.9 Å². The van der Waals surface area contributed by atoms with Gasteiger partial charge in [0, 0.05) is 18.5 Å². The lowest BCUT2D eigenvalue weighted by molar-refractivity contribution is -0.133. The van der Waals surface area contributed by atoms with Gasteiger partial charge in [-0.05, 0) is 53.5 Å². The van der Waals surface area contributed by atoms with Gasteiger partial charge in [0.25, 0.3) is 0 Å². The van der Waals surface area contributed by atoms with E-state index in [0.29, 0.717) is 11.9 Å². The molecule has 2 aromatic rings. The van der Waals surface area contributed by atoms with Gasteiger partial charge in [-0.2, -0.15) is 0 Å². The molecule has 4 rings (SSSR count). The molecule has 1 saturated heterocycles. The van der Waals surface area contributed by atoms with Gasteiger partial charge in [0.1, 0.15) is 13.6 Å². The Bertz CT molecular complexity index is 813. The number of carbonyl (C=O) groups excluding carboxylic acids is 1. The third-order valence-corrected chi connectivity index (χ3v) is 6.37. The Morgan fingerprint density at radius 2 is 1.92 bits per heavy atom. The van der Waals surface area contributed by atoms with Gasteiger partial charge in [-0.25, -0.2) is 0 Å². The molecule has 4 heteroatoms. The second-order valence-electron chi connectivity index (χ2n) is 7.96. The van der Waals surface area contributed by atoms with Gasteiger partial charge >= 0.3 is 0 Å². The van der Waals surface area contributed by atoms with Crippen LogP contribution in [0.15, 0.2) is 30.3 Å². The third kappa shape index (κ3) is 3.22. The van der Waals surface area contributed by atoms with Crippen LogP contribution in [0, 0.1) is 5.92 Å². The lowest BCUT2D eigenvalue weighted by atomic mass is 9.87. The molecule has 0 spiro atoms. The Morgan fingerprint density at radius 1 is 1.12 bits per heavy atom. The lowest BCUT2D eigenvalue weighted by Crippen LogP contribution is -2.39. The van der Waals surface area contributed by atoms with Gasteiger partial charge in [0.15, 0.2) is 0 Å². The van der Waals surface area contributed by atoms with Crippen molar-refractivity contribution in [2.75, 3.05) is 13.7 Å². The molecule has 2 aromatic carbocycles. The molecule has 0 radical (unpaired) electrons. The lowest BCUT2D eigenvalue weighted by Gasteiger charge is -2.31. The normalized spacial score (nSPS) is 21.5. The van der Waals surface area contributed by atoms with Crippen molar-refractivity contribution < 1.29 is 9.53 Å². The maximum Gasteiger partial charge on any atom is 0.226 e. The molecule has 1 saturated carbocycles. The van der Waals surface area contributed by atoms with Crippen LogP contribution in [0.2, 0.25) is 0 Å². The number of ether oxygens (including phenoxy) is 1. The summed E-state index contributed by atoms with van der Waals surface area (Å²) < 4.78 is 5.42. The summed E-state index contributed by atoms with van der Waals surface area (Å²) in [5.41, 5.74) is 2.45. The van der Waals surface area contributed by atoms with E-state index in [1.54, 1.807) is 7.11 Å². The van der Waals surface area contributed by atoms with E-state index in [4.69, 9.17) is 4.74 Å². The number of fused-ring (bicyclic) bond motifs is 1. The maximum absolute atomic E-state index is 12.9. The number of likely N-dealkylation sites (tertiary alicyclic amines) is 1.